The molecule has 0 spiro atoms. The number of nitrogens with zero attached hydrogens (tertiary/aromatic N) is 3. The van der Waals surface area contributed by atoms with Gasteiger partial charge in [0.2, 0.25) is 0 Å². The molecule has 0 bridgehead atoms. The molecule has 6 nitrogen and oxygen atoms in total. The number of benzene rings is 1. The lowest BCUT2D eigenvalue weighted by Gasteiger charge is -2.42. The van der Waals surface area contributed by atoms with Crippen LogP contribution >= 0.6 is 0 Å². The highest BCUT2D eigenvalue weighted by atomic mass is 16.6. The molecule has 2 aliphatic rings. The van der Waals surface area contributed by atoms with Crippen molar-refractivity contribution in [1.82, 2.24) is 9.88 Å². The lowest BCUT2D eigenvalue weighted by Crippen LogP contribution is -2.46. The van der Waals surface area contributed by atoms with Crippen LogP contribution in [0.1, 0.15) is 36.8 Å². The summed E-state index contributed by atoms with van der Waals surface area (Å²) in [5, 5.41) is 4.48. The lowest BCUT2D eigenvalue weighted by atomic mass is 9.65. The molecule has 1 saturated heterocycles. The Bertz CT molecular complexity index is 871. The van der Waals surface area contributed by atoms with Crippen LogP contribution in [0, 0.1) is 0 Å². The molecule has 1 aromatic heterocycles. The molecule has 2 fully saturated rings. The number of pyridine rings is 1. The first-order valence-corrected chi connectivity index (χ1v) is 10.2. The van der Waals surface area contributed by atoms with Crippen LogP contribution in [0.25, 0.3) is 0 Å². The minimum atomic E-state index is 0.122. The van der Waals surface area contributed by atoms with E-state index >= 15 is 0 Å². The van der Waals surface area contributed by atoms with Crippen molar-refractivity contribution in [3.63, 3.8) is 0 Å². The maximum absolute atomic E-state index is 5.64. The van der Waals surface area contributed by atoms with E-state index in [9.17, 15) is 0 Å². The van der Waals surface area contributed by atoms with Gasteiger partial charge in [-0.25, -0.2) is 0 Å². The van der Waals surface area contributed by atoms with Crippen molar-refractivity contribution in [2.75, 3.05) is 27.8 Å². The quantitative estimate of drug-likeness (QED) is 0.697. The Morgan fingerprint density at radius 1 is 1.17 bits per heavy atom. The first-order valence-electron chi connectivity index (χ1n) is 10.2. The van der Waals surface area contributed by atoms with Gasteiger partial charge in [0, 0.05) is 35.8 Å². The molecule has 6 heteroatoms. The van der Waals surface area contributed by atoms with Crippen LogP contribution in [0.5, 0.6) is 11.5 Å². The molecule has 0 radical (unpaired) electrons. The number of hydrogen-bond acceptors (Lipinski definition) is 6. The van der Waals surface area contributed by atoms with Crippen molar-refractivity contribution in [2.45, 2.75) is 43.7 Å². The minimum Gasteiger partial charge on any atom is -0.493 e. The van der Waals surface area contributed by atoms with Gasteiger partial charge in [-0.2, -0.15) is 0 Å². The molecular formula is C23H29N3O3. The van der Waals surface area contributed by atoms with Gasteiger partial charge < -0.3 is 19.2 Å². The summed E-state index contributed by atoms with van der Waals surface area (Å²) in [6.45, 7) is 1.54. The zero-order valence-electron chi connectivity index (χ0n) is 17.4. The van der Waals surface area contributed by atoms with Crippen LogP contribution < -0.4 is 9.47 Å². The molecule has 154 valence electrons. The number of aromatic nitrogens is 1. The number of ether oxygens (including phenoxy) is 2. The topological polar surface area (TPSA) is 56.2 Å². The third kappa shape index (κ3) is 3.81. The third-order valence-electron chi connectivity index (χ3n) is 6.48. The smallest absolute Gasteiger partial charge is 0.161 e. The SMILES string of the molecule is COc1ccc([C@@]23CCC(=NOCc4cccnc4)CC2N(C)CC3)cc1OC. The predicted molar refractivity (Wildman–Crippen MR) is 113 cm³/mol. The van der Waals surface area contributed by atoms with Crippen molar-refractivity contribution in [1.29, 1.82) is 0 Å². The van der Waals surface area contributed by atoms with Gasteiger partial charge in [-0.3, -0.25) is 4.98 Å². The Labute approximate surface area is 172 Å². The third-order valence-corrected chi connectivity index (χ3v) is 6.48. The minimum absolute atomic E-state index is 0.122. The molecular weight excluding hydrogens is 366 g/mol. The average molecular weight is 396 g/mol. The van der Waals surface area contributed by atoms with Crippen LogP contribution in [-0.2, 0) is 16.9 Å². The van der Waals surface area contributed by atoms with E-state index in [1.54, 1.807) is 20.4 Å². The predicted octanol–water partition coefficient (Wildman–Crippen LogP) is 3.80. The second-order valence-electron chi connectivity index (χ2n) is 7.97. The van der Waals surface area contributed by atoms with E-state index in [-0.39, 0.29) is 5.41 Å². The second kappa shape index (κ2) is 8.41. The van der Waals surface area contributed by atoms with Gasteiger partial charge in [0.1, 0.15) is 6.61 Å². The molecule has 2 atom stereocenters. The Balaban J connectivity index is 1.52. The van der Waals surface area contributed by atoms with Gasteiger partial charge in [-0.05, 0) is 56.6 Å². The molecule has 1 unspecified atom stereocenters. The molecule has 1 aliphatic carbocycles. The summed E-state index contributed by atoms with van der Waals surface area (Å²) in [4.78, 5) is 12.2. The van der Waals surface area contributed by atoms with Crippen molar-refractivity contribution < 1.29 is 14.3 Å². The number of methoxy groups -OCH3 is 2. The number of rotatable bonds is 6. The molecule has 0 amide bonds. The Kier molecular flexibility index (Phi) is 5.72. The van der Waals surface area contributed by atoms with Crippen LogP contribution in [0.15, 0.2) is 47.9 Å². The zero-order chi connectivity index (χ0) is 20.3. The van der Waals surface area contributed by atoms with E-state index in [1.165, 1.54) is 5.56 Å². The normalized spacial score (nSPS) is 25.6. The van der Waals surface area contributed by atoms with E-state index < -0.39 is 0 Å². The Hall–Kier alpha value is -2.60. The molecule has 1 aromatic carbocycles. The summed E-state index contributed by atoms with van der Waals surface area (Å²) >= 11 is 0. The van der Waals surface area contributed by atoms with Gasteiger partial charge in [0.15, 0.2) is 11.5 Å². The van der Waals surface area contributed by atoms with Crippen LogP contribution in [0.4, 0.5) is 0 Å². The second-order valence-corrected chi connectivity index (χ2v) is 7.97. The lowest BCUT2D eigenvalue weighted by molar-refractivity contribution is 0.125. The maximum atomic E-state index is 5.64. The van der Waals surface area contributed by atoms with Crippen LogP contribution in [0.3, 0.4) is 0 Å². The fourth-order valence-electron chi connectivity index (χ4n) is 4.85. The number of fused-ring (bicyclic) bond motifs is 1. The van der Waals surface area contributed by atoms with Gasteiger partial charge >= 0.3 is 0 Å². The molecule has 29 heavy (non-hydrogen) atoms. The van der Waals surface area contributed by atoms with Crippen molar-refractivity contribution >= 4 is 5.71 Å². The van der Waals surface area contributed by atoms with E-state index in [1.807, 2.05) is 24.4 Å². The summed E-state index contributed by atoms with van der Waals surface area (Å²) < 4.78 is 11.0. The number of likely N-dealkylation sites (tertiary alicyclic amines) is 1. The fraction of sp³-hybridized carbons (Fsp3) is 0.478. The molecule has 1 saturated carbocycles. The Morgan fingerprint density at radius 3 is 2.79 bits per heavy atom. The fourth-order valence-corrected chi connectivity index (χ4v) is 4.85. The number of likely N-dealkylation sites (N-methyl/N-ethyl adjacent to an activating group) is 1. The van der Waals surface area contributed by atoms with Crippen molar-refractivity contribution in [3.8, 4) is 11.5 Å². The molecule has 4 rings (SSSR count). The summed E-state index contributed by atoms with van der Waals surface area (Å²) in [7, 11) is 5.59. The number of oxime groups is 1. The summed E-state index contributed by atoms with van der Waals surface area (Å²) in [6.07, 6.45) is 7.66. The average Bonchev–Trinajstić information content (AvgIpc) is 3.11. The van der Waals surface area contributed by atoms with Gasteiger partial charge in [-0.1, -0.05) is 17.3 Å². The van der Waals surface area contributed by atoms with E-state index in [2.05, 4.69) is 34.2 Å². The zero-order valence-corrected chi connectivity index (χ0v) is 17.4. The highest BCUT2D eigenvalue weighted by Gasteiger charge is 2.50. The van der Waals surface area contributed by atoms with Crippen LogP contribution in [0.2, 0.25) is 0 Å². The highest BCUT2D eigenvalue weighted by molar-refractivity contribution is 5.86. The van der Waals surface area contributed by atoms with E-state index in [0.717, 1.165) is 55.0 Å². The summed E-state index contributed by atoms with van der Waals surface area (Å²) in [5.41, 5.74) is 3.63. The van der Waals surface area contributed by atoms with Gasteiger partial charge in [0.25, 0.3) is 0 Å². The largest absolute Gasteiger partial charge is 0.493 e. The maximum Gasteiger partial charge on any atom is 0.161 e. The molecule has 0 N–H and O–H groups in total. The van der Waals surface area contributed by atoms with Crippen molar-refractivity contribution in [2.24, 2.45) is 5.16 Å². The van der Waals surface area contributed by atoms with E-state index in [0.29, 0.717) is 12.6 Å². The molecule has 2 heterocycles. The first-order chi connectivity index (χ1) is 14.2. The standard InChI is InChI=1S/C23H29N3O3/c1-26-12-10-23(18-6-7-20(27-2)21(13-18)28-3)9-8-19(14-22(23)26)25-29-16-17-5-4-11-24-15-17/h4-7,11,13,15,22H,8-10,12,14,16H2,1-3H3/t22?,23-/m0/s1. The monoisotopic (exact) mass is 395 g/mol. The Morgan fingerprint density at radius 2 is 2.03 bits per heavy atom. The van der Waals surface area contributed by atoms with Crippen molar-refractivity contribution in [3.05, 3.63) is 53.9 Å². The number of hydrogen-bond donors (Lipinski definition) is 0. The summed E-state index contributed by atoms with van der Waals surface area (Å²) in [6, 6.07) is 10.7. The van der Waals surface area contributed by atoms with Gasteiger partial charge in [-0.15, -0.1) is 0 Å². The van der Waals surface area contributed by atoms with Gasteiger partial charge in [0.05, 0.1) is 19.9 Å². The van der Waals surface area contributed by atoms with Crippen LogP contribution in [-0.4, -0.2) is 49.4 Å². The molecule has 2 aromatic rings. The summed E-state index contributed by atoms with van der Waals surface area (Å²) in [5.74, 6) is 1.57. The van der Waals surface area contributed by atoms with E-state index in [4.69, 9.17) is 14.3 Å². The molecule has 1 aliphatic heterocycles. The highest BCUT2D eigenvalue weighted by Crippen LogP contribution is 2.49. The first kappa shape index (κ1) is 19.7.